The van der Waals surface area contributed by atoms with E-state index in [1.165, 1.54) is 11.3 Å². The summed E-state index contributed by atoms with van der Waals surface area (Å²) < 4.78 is 11.4. The highest BCUT2D eigenvalue weighted by molar-refractivity contribution is 5.49. The third-order valence-corrected chi connectivity index (χ3v) is 5.07. The summed E-state index contributed by atoms with van der Waals surface area (Å²) in [5.74, 6) is 1.57. The van der Waals surface area contributed by atoms with Gasteiger partial charge in [0.1, 0.15) is 0 Å². The lowest BCUT2D eigenvalue weighted by Gasteiger charge is -2.37. The quantitative estimate of drug-likeness (QED) is 0.926. The number of allylic oxidation sites excluding steroid dienone is 1. The molecule has 1 aliphatic carbocycles. The summed E-state index contributed by atoms with van der Waals surface area (Å²) in [5.41, 5.74) is 2.50. The summed E-state index contributed by atoms with van der Waals surface area (Å²) in [6, 6.07) is 6.29. The topological polar surface area (TPSA) is 41.9 Å². The second-order valence-electron chi connectivity index (χ2n) is 6.94. The van der Waals surface area contributed by atoms with Crippen molar-refractivity contribution >= 4 is 0 Å². The average Bonchev–Trinajstić information content (AvgIpc) is 2.85. The fraction of sp³-hybridized carbons (Fsp3) is 0.579. The van der Waals surface area contributed by atoms with E-state index in [-0.39, 0.29) is 17.6 Å². The molecule has 1 aliphatic heterocycles. The molecule has 2 atom stereocenters. The predicted molar refractivity (Wildman–Crippen MR) is 91.0 cm³/mol. The summed E-state index contributed by atoms with van der Waals surface area (Å²) in [6.07, 6.45) is 4.67. The number of likely N-dealkylation sites (N-methyl/N-ethyl adjacent to an activating group) is 1. The molecule has 0 radical (unpaired) electrons. The zero-order chi connectivity index (χ0) is 16.6. The minimum absolute atomic E-state index is 0.00236. The Labute approximate surface area is 138 Å². The van der Waals surface area contributed by atoms with Gasteiger partial charge in [-0.2, -0.15) is 0 Å². The van der Waals surface area contributed by atoms with Crippen molar-refractivity contribution in [2.45, 2.75) is 50.7 Å². The van der Waals surface area contributed by atoms with Crippen LogP contribution in [0.25, 0.3) is 0 Å². The van der Waals surface area contributed by atoms with Crippen LogP contribution in [0.4, 0.5) is 0 Å². The zero-order valence-corrected chi connectivity index (χ0v) is 14.5. The van der Waals surface area contributed by atoms with E-state index < -0.39 is 0 Å². The Kier molecular flexibility index (Phi) is 4.28. The van der Waals surface area contributed by atoms with E-state index in [1.54, 1.807) is 7.11 Å². The Balaban J connectivity index is 2.02. The van der Waals surface area contributed by atoms with Crippen LogP contribution in [-0.2, 0) is 5.41 Å². The van der Waals surface area contributed by atoms with E-state index in [0.29, 0.717) is 0 Å². The second-order valence-corrected chi connectivity index (χ2v) is 6.94. The highest BCUT2D eigenvalue weighted by atomic mass is 16.5. The number of hydrogen-bond acceptors (Lipinski definition) is 4. The third-order valence-electron chi connectivity index (χ3n) is 5.07. The average molecular weight is 317 g/mol. The van der Waals surface area contributed by atoms with Gasteiger partial charge in [0.2, 0.25) is 0 Å². The van der Waals surface area contributed by atoms with Crippen LogP contribution in [0, 0.1) is 0 Å². The predicted octanol–water partition coefficient (Wildman–Crippen LogP) is 3.09. The fourth-order valence-electron chi connectivity index (χ4n) is 3.93. The molecule has 4 nitrogen and oxygen atoms in total. The number of methoxy groups -OCH3 is 1. The standard InChI is InChI=1S/C19H27NO3/c1-13(2)23-16-6-5-14(11-17(16)22-4)19-8-7-15(21)12-18(19)20(3)10-9-19/h5-6,11-13,15,21H,7-10H2,1-4H3/t15-,19-/m0/s1. The molecule has 1 aromatic carbocycles. The van der Waals surface area contributed by atoms with Crippen molar-refractivity contribution in [1.29, 1.82) is 0 Å². The molecule has 1 N–H and O–H groups in total. The lowest BCUT2D eigenvalue weighted by atomic mass is 9.70. The maximum absolute atomic E-state index is 10.0. The van der Waals surface area contributed by atoms with Gasteiger partial charge in [-0.15, -0.1) is 0 Å². The number of fused-ring (bicyclic) bond motifs is 1. The van der Waals surface area contributed by atoms with E-state index >= 15 is 0 Å². The molecule has 1 fully saturated rings. The van der Waals surface area contributed by atoms with E-state index in [0.717, 1.165) is 37.3 Å². The first-order valence-corrected chi connectivity index (χ1v) is 8.43. The molecule has 1 aromatic rings. The molecule has 0 saturated carbocycles. The van der Waals surface area contributed by atoms with Crippen molar-refractivity contribution in [3.63, 3.8) is 0 Å². The molecule has 0 amide bonds. The first-order chi connectivity index (χ1) is 11.0. The molecule has 1 saturated heterocycles. The summed E-state index contributed by atoms with van der Waals surface area (Å²) in [5, 5.41) is 10.0. The minimum Gasteiger partial charge on any atom is -0.493 e. The van der Waals surface area contributed by atoms with Crippen LogP contribution in [-0.4, -0.2) is 42.9 Å². The molecule has 0 bridgehead atoms. The van der Waals surface area contributed by atoms with Crippen molar-refractivity contribution in [3.05, 3.63) is 35.5 Å². The highest BCUT2D eigenvalue weighted by Gasteiger charge is 2.45. The van der Waals surface area contributed by atoms with E-state index in [1.807, 2.05) is 26.0 Å². The minimum atomic E-state index is -0.330. The Morgan fingerprint density at radius 2 is 2.04 bits per heavy atom. The number of likely N-dealkylation sites (tertiary alicyclic amines) is 1. The summed E-state index contributed by atoms with van der Waals surface area (Å²) in [4.78, 5) is 2.27. The molecule has 0 aromatic heterocycles. The Bertz CT molecular complexity index is 611. The van der Waals surface area contributed by atoms with Gasteiger partial charge in [-0.25, -0.2) is 0 Å². The molecule has 0 spiro atoms. The molecule has 1 heterocycles. The Morgan fingerprint density at radius 1 is 1.26 bits per heavy atom. The third kappa shape index (κ3) is 2.80. The maximum atomic E-state index is 10.0. The second kappa shape index (κ2) is 6.08. The molecular formula is C19H27NO3. The summed E-state index contributed by atoms with van der Waals surface area (Å²) >= 11 is 0. The van der Waals surface area contributed by atoms with Crippen LogP contribution in [0.2, 0.25) is 0 Å². The van der Waals surface area contributed by atoms with Gasteiger partial charge >= 0.3 is 0 Å². The van der Waals surface area contributed by atoms with Crippen LogP contribution in [0.3, 0.4) is 0 Å². The number of rotatable bonds is 4. The monoisotopic (exact) mass is 317 g/mol. The smallest absolute Gasteiger partial charge is 0.161 e. The zero-order valence-electron chi connectivity index (χ0n) is 14.5. The van der Waals surface area contributed by atoms with Crippen molar-refractivity contribution in [2.24, 2.45) is 0 Å². The van der Waals surface area contributed by atoms with E-state index in [2.05, 4.69) is 24.1 Å². The Morgan fingerprint density at radius 3 is 2.74 bits per heavy atom. The first-order valence-electron chi connectivity index (χ1n) is 8.43. The fourth-order valence-corrected chi connectivity index (χ4v) is 3.93. The number of nitrogens with zero attached hydrogens (tertiary/aromatic N) is 1. The molecule has 126 valence electrons. The van der Waals surface area contributed by atoms with Gasteiger partial charge in [0, 0.05) is 24.7 Å². The number of benzene rings is 1. The van der Waals surface area contributed by atoms with Crippen molar-refractivity contribution in [3.8, 4) is 11.5 Å². The molecule has 4 heteroatoms. The molecule has 2 aliphatic rings. The van der Waals surface area contributed by atoms with Crippen molar-refractivity contribution in [1.82, 2.24) is 4.90 Å². The van der Waals surface area contributed by atoms with Crippen LogP contribution in [0.5, 0.6) is 11.5 Å². The van der Waals surface area contributed by atoms with Crippen LogP contribution in [0.1, 0.15) is 38.7 Å². The summed E-state index contributed by atoms with van der Waals surface area (Å²) in [6.45, 7) is 5.05. The van der Waals surface area contributed by atoms with E-state index in [4.69, 9.17) is 9.47 Å². The molecule has 23 heavy (non-hydrogen) atoms. The van der Waals surface area contributed by atoms with E-state index in [9.17, 15) is 5.11 Å². The lowest BCUT2D eigenvalue weighted by molar-refractivity contribution is 0.181. The van der Waals surface area contributed by atoms with Crippen LogP contribution in [0.15, 0.2) is 30.0 Å². The number of ether oxygens (including phenoxy) is 2. The van der Waals surface area contributed by atoms with Gasteiger partial charge < -0.3 is 19.5 Å². The first kappa shape index (κ1) is 16.2. The normalized spacial score (nSPS) is 27.0. The van der Waals surface area contributed by atoms with Gasteiger partial charge in [0.05, 0.1) is 19.3 Å². The summed E-state index contributed by atoms with van der Waals surface area (Å²) in [7, 11) is 3.80. The number of hydrogen-bond donors (Lipinski definition) is 1. The Hall–Kier alpha value is -1.68. The van der Waals surface area contributed by atoms with Crippen molar-refractivity contribution < 1.29 is 14.6 Å². The van der Waals surface area contributed by atoms with Crippen molar-refractivity contribution in [2.75, 3.05) is 20.7 Å². The number of aliphatic hydroxyl groups is 1. The van der Waals surface area contributed by atoms with Gasteiger partial charge in [-0.05, 0) is 56.9 Å². The van der Waals surface area contributed by atoms with Gasteiger partial charge in [0.15, 0.2) is 11.5 Å². The van der Waals surface area contributed by atoms with Gasteiger partial charge in [0.25, 0.3) is 0 Å². The lowest BCUT2D eigenvalue weighted by Crippen LogP contribution is -2.33. The van der Waals surface area contributed by atoms with Crippen LogP contribution >= 0.6 is 0 Å². The molecular weight excluding hydrogens is 290 g/mol. The SMILES string of the molecule is COc1cc([C@@]23CC[C@H](O)C=C2N(C)CC3)ccc1OC(C)C. The highest BCUT2D eigenvalue weighted by Crippen LogP contribution is 2.50. The van der Waals surface area contributed by atoms with Gasteiger partial charge in [-0.1, -0.05) is 6.07 Å². The van der Waals surface area contributed by atoms with Gasteiger partial charge in [-0.3, -0.25) is 0 Å². The maximum Gasteiger partial charge on any atom is 0.161 e. The molecule has 0 unspecified atom stereocenters. The largest absolute Gasteiger partial charge is 0.493 e. The molecule has 3 rings (SSSR count). The number of aliphatic hydroxyl groups excluding tert-OH is 1. The van der Waals surface area contributed by atoms with Crippen LogP contribution < -0.4 is 9.47 Å².